The average molecular weight is 319 g/mol. The Morgan fingerprint density at radius 3 is 1.17 bits per heavy atom. The Morgan fingerprint density at radius 1 is 0.722 bits per heavy atom. The first-order valence-corrected chi connectivity index (χ1v) is 7.90. The summed E-state index contributed by atoms with van der Waals surface area (Å²) in [5, 5.41) is 3.35. The van der Waals surface area contributed by atoms with Gasteiger partial charge in [-0.2, -0.15) is 0 Å². The molecule has 0 bridgehead atoms. The van der Waals surface area contributed by atoms with Crippen molar-refractivity contribution in [3.8, 4) is 0 Å². The molecule has 1 aliphatic heterocycles. The van der Waals surface area contributed by atoms with Gasteiger partial charge in [0.25, 0.3) is 0 Å². The molecule has 12 heteroatoms. The van der Waals surface area contributed by atoms with Gasteiger partial charge in [0.2, 0.25) is 0 Å². The second-order valence-electron chi connectivity index (χ2n) is 3.19. The molecule has 7 N–H and O–H groups in total. The van der Waals surface area contributed by atoms with Gasteiger partial charge in [-0.05, 0) is 25.9 Å². The minimum Gasteiger partial charge on any atom is -1.00 e. The van der Waals surface area contributed by atoms with E-state index in [9.17, 15) is 0 Å². The third-order valence-corrected chi connectivity index (χ3v) is 1.46. The van der Waals surface area contributed by atoms with Crippen LogP contribution in [0.3, 0.4) is 0 Å². The third kappa shape index (κ3) is 67.2. The van der Waals surface area contributed by atoms with E-state index in [1.54, 1.807) is 0 Å². The van der Waals surface area contributed by atoms with Gasteiger partial charge in [0.05, 0.1) is 0 Å². The topological polar surface area (TPSA) is 168 Å². The van der Waals surface area contributed by atoms with E-state index in [1.165, 1.54) is 38.8 Å². The minimum atomic E-state index is -4.64. The zero-order valence-corrected chi connectivity index (χ0v) is 13.9. The molecular weight excluding hydrogens is 299 g/mol. The van der Waals surface area contributed by atoms with Crippen molar-refractivity contribution in [2.45, 2.75) is 25.7 Å². The largest absolute Gasteiger partial charge is 1.00 e. The van der Waals surface area contributed by atoms with E-state index in [1.807, 2.05) is 0 Å². The number of rotatable bonds is 0. The Balaban J connectivity index is -0.0000000866. The molecule has 1 heterocycles. The predicted octanol–water partition coefficient (Wildman–Crippen LogP) is -3.59. The van der Waals surface area contributed by atoms with Crippen LogP contribution < -0.4 is 34.9 Å². The molecule has 0 unspecified atom stereocenters. The maximum atomic E-state index is 8.88. The molecule has 1 saturated heterocycles. The van der Waals surface area contributed by atoms with Gasteiger partial charge >= 0.3 is 45.2 Å². The summed E-state index contributed by atoms with van der Waals surface area (Å²) >= 11 is 0. The van der Waals surface area contributed by atoms with Gasteiger partial charge in [0, 0.05) is 0 Å². The second kappa shape index (κ2) is 13.2. The van der Waals surface area contributed by atoms with Gasteiger partial charge in [-0.15, -0.1) is 0 Å². The normalized spacial score (nSPS) is 15.9. The third-order valence-electron chi connectivity index (χ3n) is 1.46. The Bertz CT molecular complexity index is 216. The fraction of sp³-hybridized carbons (Fsp3) is 1.00. The van der Waals surface area contributed by atoms with Crippen LogP contribution in [0.25, 0.3) is 0 Å². The van der Waals surface area contributed by atoms with Crippen molar-refractivity contribution >= 4 is 15.6 Å². The fourth-order valence-corrected chi connectivity index (χ4v) is 0.979. The zero-order chi connectivity index (χ0) is 13.9. The number of phosphoric acid groups is 2. The fourth-order valence-electron chi connectivity index (χ4n) is 0.979. The molecule has 1 aliphatic rings. The molecule has 0 amide bonds. The van der Waals surface area contributed by atoms with E-state index in [2.05, 4.69) is 5.32 Å². The van der Waals surface area contributed by atoms with E-state index in [0.717, 1.165) is 0 Å². The summed E-state index contributed by atoms with van der Waals surface area (Å²) in [6.45, 7) is 2.50. The van der Waals surface area contributed by atoms with Crippen molar-refractivity contribution in [3.05, 3.63) is 0 Å². The smallest absolute Gasteiger partial charge is 1.00 e. The van der Waals surface area contributed by atoms with Crippen LogP contribution in [0.15, 0.2) is 0 Å². The van der Waals surface area contributed by atoms with Gasteiger partial charge in [0.15, 0.2) is 0 Å². The number of nitrogens with one attached hydrogen (secondary N) is 1. The summed E-state index contributed by atoms with van der Waals surface area (Å²) in [4.78, 5) is 43.1. The number of hydrogen-bond donors (Lipinski definition) is 7. The molecule has 18 heavy (non-hydrogen) atoms. The van der Waals surface area contributed by atoms with E-state index in [0.29, 0.717) is 0 Å². The summed E-state index contributed by atoms with van der Waals surface area (Å²) in [7, 11) is -9.28. The summed E-state index contributed by atoms with van der Waals surface area (Å²) < 4.78 is 17.8. The Kier molecular flexibility index (Phi) is 17.7. The molecule has 1 rings (SSSR count). The van der Waals surface area contributed by atoms with E-state index in [4.69, 9.17) is 38.5 Å². The van der Waals surface area contributed by atoms with Gasteiger partial charge < -0.3 is 36.1 Å². The molecular formula is C6H20NNaO8P2. The van der Waals surface area contributed by atoms with Crippen LogP contribution in [0, 0.1) is 0 Å². The monoisotopic (exact) mass is 319 g/mol. The maximum absolute atomic E-state index is 8.88. The zero-order valence-electron chi connectivity index (χ0n) is 11.1. The minimum absolute atomic E-state index is 0. The van der Waals surface area contributed by atoms with Crippen molar-refractivity contribution < 1.29 is 69.5 Å². The van der Waals surface area contributed by atoms with E-state index < -0.39 is 15.6 Å². The van der Waals surface area contributed by atoms with Crippen molar-refractivity contribution in [1.82, 2.24) is 5.32 Å². The maximum Gasteiger partial charge on any atom is 1.00 e. The van der Waals surface area contributed by atoms with Crippen LogP contribution in [-0.4, -0.2) is 42.4 Å². The van der Waals surface area contributed by atoms with Crippen molar-refractivity contribution in [1.29, 1.82) is 0 Å². The van der Waals surface area contributed by atoms with E-state index >= 15 is 0 Å². The summed E-state index contributed by atoms with van der Waals surface area (Å²) in [5.41, 5.74) is 0. The average Bonchev–Trinajstić information content (AvgIpc) is 2.26. The summed E-state index contributed by atoms with van der Waals surface area (Å²) in [5.74, 6) is 0. The molecule has 0 aromatic heterocycles. The van der Waals surface area contributed by atoms with Crippen LogP contribution in [-0.2, 0) is 9.13 Å². The molecule has 9 nitrogen and oxygen atoms in total. The molecule has 0 aromatic rings. The van der Waals surface area contributed by atoms with Crippen molar-refractivity contribution in [3.63, 3.8) is 0 Å². The Hall–Kier alpha value is 1.18. The molecule has 0 aliphatic carbocycles. The standard InChI is InChI=1S/C6H13N.Na.2H3O4P.H/c1-2-4-6-7-5-3-1;;2*1-5(2,3)4;/h7H,1-6H2;;2*(H3,1,2,3,4);/q;+1;;;-1. The summed E-state index contributed by atoms with van der Waals surface area (Å²) in [6.07, 6.45) is 5.65. The van der Waals surface area contributed by atoms with Crippen molar-refractivity contribution in [2.75, 3.05) is 13.1 Å². The molecule has 108 valence electrons. The molecule has 1 fully saturated rings. The second-order valence-corrected chi connectivity index (χ2v) is 5.24. The first kappa shape index (κ1) is 24.2. The van der Waals surface area contributed by atoms with Crippen LogP contribution in [0.2, 0.25) is 0 Å². The van der Waals surface area contributed by atoms with Crippen LogP contribution in [0.4, 0.5) is 0 Å². The predicted molar refractivity (Wildman–Crippen MR) is 61.0 cm³/mol. The van der Waals surface area contributed by atoms with Gasteiger partial charge in [-0.1, -0.05) is 12.8 Å². The van der Waals surface area contributed by atoms with E-state index in [-0.39, 0.29) is 31.0 Å². The first-order valence-electron chi connectivity index (χ1n) is 4.77. The van der Waals surface area contributed by atoms with Crippen molar-refractivity contribution in [2.24, 2.45) is 0 Å². The summed E-state index contributed by atoms with van der Waals surface area (Å²) in [6, 6.07) is 0. The quantitative estimate of drug-likeness (QED) is 0.176. The van der Waals surface area contributed by atoms with Crippen LogP contribution in [0.1, 0.15) is 27.1 Å². The van der Waals surface area contributed by atoms with Crippen LogP contribution in [0.5, 0.6) is 0 Å². The molecule has 0 saturated carbocycles. The molecule has 0 radical (unpaired) electrons. The molecule has 0 aromatic carbocycles. The first-order chi connectivity index (χ1) is 7.50. The molecule has 0 spiro atoms. The number of hydrogen-bond acceptors (Lipinski definition) is 3. The van der Waals surface area contributed by atoms with Gasteiger partial charge in [-0.25, -0.2) is 9.13 Å². The van der Waals surface area contributed by atoms with Gasteiger partial charge in [0.1, 0.15) is 0 Å². The SMILES string of the molecule is C1CCCNCC1.O=P(O)(O)O.O=P(O)(O)O.[H-].[Na+]. The Labute approximate surface area is 129 Å². The molecule has 0 atom stereocenters. The van der Waals surface area contributed by atoms with Crippen LogP contribution >= 0.6 is 15.6 Å². The Morgan fingerprint density at radius 2 is 0.944 bits per heavy atom. The van der Waals surface area contributed by atoms with Gasteiger partial charge in [-0.3, -0.25) is 0 Å².